The summed E-state index contributed by atoms with van der Waals surface area (Å²) in [4.78, 5) is 6.92. The molecule has 104 valence electrons. The van der Waals surface area contributed by atoms with Crippen LogP contribution in [-0.2, 0) is 13.0 Å². The van der Waals surface area contributed by atoms with E-state index in [1.807, 2.05) is 6.07 Å². The maximum absolute atomic E-state index is 9.22. The molecule has 1 aliphatic rings. The second-order valence-electron chi connectivity index (χ2n) is 5.53. The van der Waals surface area contributed by atoms with E-state index in [1.54, 1.807) is 6.20 Å². The van der Waals surface area contributed by atoms with Gasteiger partial charge in [-0.05, 0) is 55.5 Å². The van der Waals surface area contributed by atoms with Crippen molar-refractivity contribution in [3.05, 3.63) is 53.2 Å². The van der Waals surface area contributed by atoms with Crippen molar-refractivity contribution in [2.45, 2.75) is 39.3 Å². The summed E-state index contributed by atoms with van der Waals surface area (Å²) in [6, 6.07) is 11.0. The lowest BCUT2D eigenvalue weighted by Crippen LogP contribution is -2.34. The van der Waals surface area contributed by atoms with Crippen LogP contribution in [0.5, 0.6) is 0 Å². The van der Waals surface area contributed by atoms with E-state index in [0.717, 1.165) is 29.8 Å². The molecule has 0 aliphatic carbocycles. The molecule has 3 heteroatoms. The predicted molar refractivity (Wildman–Crippen MR) is 81.3 cm³/mol. The molecule has 1 aromatic heterocycles. The van der Waals surface area contributed by atoms with Gasteiger partial charge in [0.05, 0.1) is 6.61 Å². The number of fused-ring (bicyclic) bond motifs is 1. The lowest BCUT2D eigenvalue weighted by Gasteiger charge is -2.37. The molecule has 20 heavy (non-hydrogen) atoms. The molecule has 1 atom stereocenters. The second kappa shape index (κ2) is 5.25. The first-order valence-electron chi connectivity index (χ1n) is 7.14. The summed E-state index contributed by atoms with van der Waals surface area (Å²) in [5.41, 5.74) is 4.63. The normalized spacial score (nSPS) is 17.9. The zero-order valence-electron chi connectivity index (χ0n) is 12.0. The minimum absolute atomic E-state index is 0.0419. The van der Waals surface area contributed by atoms with Crippen LogP contribution in [0.15, 0.2) is 36.5 Å². The van der Waals surface area contributed by atoms with Crippen molar-refractivity contribution in [2.24, 2.45) is 0 Å². The fourth-order valence-corrected chi connectivity index (χ4v) is 2.98. The van der Waals surface area contributed by atoms with Crippen LogP contribution in [0.4, 0.5) is 11.5 Å². The average molecular weight is 268 g/mol. The van der Waals surface area contributed by atoms with Gasteiger partial charge in [-0.2, -0.15) is 0 Å². The molecule has 3 nitrogen and oxygen atoms in total. The van der Waals surface area contributed by atoms with Gasteiger partial charge in [0, 0.05) is 17.9 Å². The number of aliphatic hydroxyl groups excluding tert-OH is 1. The minimum atomic E-state index is 0.0419. The molecule has 1 N–H and O–H groups in total. The van der Waals surface area contributed by atoms with Crippen LogP contribution in [0, 0.1) is 6.92 Å². The van der Waals surface area contributed by atoms with Crippen molar-refractivity contribution in [3.63, 3.8) is 0 Å². The Morgan fingerprint density at radius 1 is 1.35 bits per heavy atom. The third-order valence-electron chi connectivity index (χ3n) is 4.04. The number of hydrogen-bond donors (Lipinski definition) is 1. The van der Waals surface area contributed by atoms with E-state index in [4.69, 9.17) is 0 Å². The molecule has 2 aromatic rings. The summed E-state index contributed by atoms with van der Waals surface area (Å²) in [5.74, 6) is 1.00. The van der Waals surface area contributed by atoms with Gasteiger partial charge in [-0.1, -0.05) is 18.2 Å². The summed E-state index contributed by atoms with van der Waals surface area (Å²) >= 11 is 0. The topological polar surface area (TPSA) is 36.4 Å². The maximum atomic E-state index is 9.22. The Kier molecular flexibility index (Phi) is 3.45. The molecule has 0 bridgehead atoms. The average Bonchev–Trinajstić information content (AvgIpc) is 2.48. The molecule has 0 saturated carbocycles. The molecule has 0 amide bonds. The van der Waals surface area contributed by atoms with Crippen molar-refractivity contribution < 1.29 is 5.11 Å². The Morgan fingerprint density at radius 3 is 2.90 bits per heavy atom. The van der Waals surface area contributed by atoms with Gasteiger partial charge in [-0.15, -0.1) is 0 Å². The SMILES string of the molecule is Cc1cc(CO)cnc1N1c2ccccc2CCC1C. The summed E-state index contributed by atoms with van der Waals surface area (Å²) in [6.07, 6.45) is 4.04. The number of pyridine rings is 1. The van der Waals surface area contributed by atoms with Crippen LogP contribution < -0.4 is 4.90 Å². The van der Waals surface area contributed by atoms with E-state index >= 15 is 0 Å². The Bertz CT molecular complexity index is 624. The first-order valence-corrected chi connectivity index (χ1v) is 7.14. The van der Waals surface area contributed by atoms with Crippen molar-refractivity contribution in [1.82, 2.24) is 4.98 Å². The molecular weight excluding hydrogens is 248 g/mol. The molecule has 0 saturated heterocycles. The van der Waals surface area contributed by atoms with Crippen LogP contribution >= 0.6 is 0 Å². The first-order chi connectivity index (χ1) is 9.70. The highest BCUT2D eigenvalue weighted by Crippen LogP contribution is 2.37. The number of aryl methyl sites for hydroxylation is 2. The van der Waals surface area contributed by atoms with Crippen LogP contribution in [0.25, 0.3) is 0 Å². The zero-order valence-corrected chi connectivity index (χ0v) is 12.0. The Labute approximate surface area is 119 Å². The van der Waals surface area contributed by atoms with Gasteiger partial charge in [0.2, 0.25) is 0 Å². The highest BCUT2D eigenvalue weighted by Gasteiger charge is 2.25. The summed E-state index contributed by atoms with van der Waals surface area (Å²) in [5, 5.41) is 9.22. The minimum Gasteiger partial charge on any atom is -0.392 e. The van der Waals surface area contributed by atoms with E-state index in [2.05, 4.69) is 48.0 Å². The number of para-hydroxylation sites is 1. The lowest BCUT2D eigenvalue weighted by molar-refractivity contribution is 0.281. The zero-order chi connectivity index (χ0) is 14.1. The van der Waals surface area contributed by atoms with Gasteiger partial charge < -0.3 is 10.0 Å². The lowest BCUT2D eigenvalue weighted by atomic mass is 9.96. The van der Waals surface area contributed by atoms with Gasteiger partial charge >= 0.3 is 0 Å². The fourth-order valence-electron chi connectivity index (χ4n) is 2.98. The van der Waals surface area contributed by atoms with Crippen molar-refractivity contribution in [1.29, 1.82) is 0 Å². The fraction of sp³-hybridized carbons (Fsp3) is 0.353. The number of benzene rings is 1. The van der Waals surface area contributed by atoms with E-state index in [-0.39, 0.29) is 6.61 Å². The highest BCUT2D eigenvalue weighted by atomic mass is 16.3. The molecule has 1 unspecified atom stereocenters. The largest absolute Gasteiger partial charge is 0.392 e. The monoisotopic (exact) mass is 268 g/mol. The molecule has 0 spiro atoms. The number of hydrogen-bond acceptors (Lipinski definition) is 3. The molecule has 3 rings (SSSR count). The predicted octanol–water partition coefficient (Wildman–Crippen LogP) is 3.36. The maximum Gasteiger partial charge on any atom is 0.136 e. The van der Waals surface area contributed by atoms with E-state index in [1.165, 1.54) is 11.3 Å². The quantitative estimate of drug-likeness (QED) is 0.907. The van der Waals surface area contributed by atoms with Crippen LogP contribution in [0.1, 0.15) is 30.0 Å². The molecule has 1 aromatic carbocycles. The highest BCUT2D eigenvalue weighted by molar-refractivity contribution is 5.68. The Hall–Kier alpha value is -1.87. The number of rotatable bonds is 2. The van der Waals surface area contributed by atoms with Gasteiger partial charge in [-0.25, -0.2) is 4.98 Å². The van der Waals surface area contributed by atoms with Crippen molar-refractivity contribution >= 4 is 11.5 Å². The molecule has 2 heterocycles. The molecule has 1 aliphatic heterocycles. The van der Waals surface area contributed by atoms with Gasteiger partial charge in [0.25, 0.3) is 0 Å². The number of nitrogens with zero attached hydrogens (tertiary/aromatic N) is 2. The van der Waals surface area contributed by atoms with E-state index < -0.39 is 0 Å². The smallest absolute Gasteiger partial charge is 0.136 e. The van der Waals surface area contributed by atoms with Crippen molar-refractivity contribution in [2.75, 3.05) is 4.90 Å². The van der Waals surface area contributed by atoms with Gasteiger partial charge in [0.1, 0.15) is 5.82 Å². The Balaban J connectivity index is 2.09. The summed E-state index contributed by atoms with van der Waals surface area (Å²) < 4.78 is 0. The molecule has 0 fully saturated rings. The van der Waals surface area contributed by atoms with Crippen LogP contribution in [0.3, 0.4) is 0 Å². The second-order valence-corrected chi connectivity index (χ2v) is 5.53. The third-order valence-corrected chi connectivity index (χ3v) is 4.04. The number of aromatic nitrogens is 1. The van der Waals surface area contributed by atoms with Crippen LogP contribution in [-0.4, -0.2) is 16.1 Å². The van der Waals surface area contributed by atoms with Gasteiger partial charge in [-0.3, -0.25) is 0 Å². The summed E-state index contributed by atoms with van der Waals surface area (Å²) in [6.45, 7) is 4.35. The standard InChI is InChI=1S/C17H20N2O/c1-12-9-14(11-20)10-18-17(12)19-13(2)7-8-15-5-3-4-6-16(15)19/h3-6,9-10,13,20H,7-8,11H2,1-2H3. The number of aliphatic hydroxyl groups is 1. The third kappa shape index (κ3) is 2.18. The van der Waals surface area contributed by atoms with Crippen molar-refractivity contribution in [3.8, 4) is 0 Å². The van der Waals surface area contributed by atoms with Gasteiger partial charge in [0.15, 0.2) is 0 Å². The Morgan fingerprint density at radius 2 is 2.15 bits per heavy atom. The van der Waals surface area contributed by atoms with Crippen LogP contribution in [0.2, 0.25) is 0 Å². The molecule has 0 radical (unpaired) electrons. The molecular formula is C17H20N2O. The number of anilines is 2. The summed E-state index contributed by atoms with van der Waals surface area (Å²) in [7, 11) is 0. The van der Waals surface area contributed by atoms with E-state index in [9.17, 15) is 5.11 Å². The first kappa shape index (κ1) is 13.1. The van der Waals surface area contributed by atoms with E-state index in [0.29, 0.717) is 6.04 Å².